The van der Waals surface area contributed by atoms with Gasteiger partial charge in [0.1, 0.15) is 5.75 Å². The average molecular weight is 232 g/mol. The molecular formula is C16H24O. The topological polar surface area (TPSA) is 9.23 Å². The zero-order valence-electron chi connectivity index (χ0n) is 11.1. The van der Waals surface area contributed by atoms with Gasteiger partial charge < -0.3 is 4.74 Å². The number of methoxy groups -OCH3 is 1. The van der Waals surface area contributed by atoms with Crippen LogP contribution in [0, 0.1) is 5.92 Å². The average Bonchev–Trinajstić information content (AvgIpc) is 3.14. The van der Waals surface area contributed by atoms with Crippen LogP contribution in [0.1, 0.15) is 56.9 Å². The molecule has 0 amide bonds. The molecule has 1 aliphatic carbocycles. The Balaban J connectivity index is 1.73. The van der Waals surface area contributed by atoms with Crippen molar-refractivity contribution in [3.05, 3.63) is 29.8 Å². The summed E-state index contributed by atoms with van der Waals surface area (Å²) in [4.78, 5) is 0. The van der Waals surface area contributed by atoms with Crippen LogP contribution in [0.5, 0.6) is 5.75 Å². The normalized spacial score (nSPS) is 22.5. The Morgan fingerprint density at radius 3 is 2.53 bits per heavy atom. The molecule has 1 aliphatic rings. The molecule has 0 spiro atoms. The van der Waals surface area contributed by atoms with Crippen molar-refractivity contribution in [1.29, 1.82) is 0 Å². The summed E-state index contributed by atoms with van der Waals surface area (Å²) in [5.41, 5.74) is 1.51. The number of benzene rings is 1. The molecule has 1 aromatic rings. The van der Waals surface area contributed by atoms with E-state index in [1.807, 2.05) is 0 Å². The third-order valence-electron chi connectivity index (χ3n) is 3.90. The minimum Gasteiger partial charge on any atom is -0.497 e. The molecule has 17 heavy (non-hydrogen) atoms. The molecule has 0 radical (unpaired) electrons. The maximum Gasteiger partial charge on any atom is 0.118 e. The van der Waals surface area contributed by atoms with E-state index in [0.717, 1.165) is 17.6 Å². The summed E-state index contributed by atoms with van der Waals surface area (Å²) in [7, 11) is 1.72. The van der Waals surface area contributed by atoms with Crippen molar-refractivity contribution in [1.82, 2.24) is 0 Å². The summed E-state index contributed by atoms with van der Waals surface area (Å²) in [6.45, 7) is 2.28. The van der Waals surface area contributed by atoms with Gasteiger partial charge in [0.25, 0.3) is 0 Å². The van der Waals surface area contributed by atoms with Gasteiger partial charge >= 0.3 is 0 Å². The van der Waals surface area contributed by atoms with Crippen molar-refractivity contribution in [2.45, 2.75) is 51.4 Å². The Labute approximate surface area is 105 Å². The highest BCUT2D eigenvalue weighted by atomic mass is 16.5. The smallest absolute Gasteiger partial charge is 0.118 e. The third kappa shape index (κ3) is 3.49. The van der Waals surface area contributed by atoms with E-state index in [1.165, 1.54) is 44.1 Å². The van der Waals surface area contributed by atoms with E-state index in [4.69, 9.17) is 4.74 Å². The van der Waals surface area contributed by atoms with Crippen LogP contribution in [0.4, 0.5) is 0 Å². The Bertz CT molecular complexity index is 328. The van der Waals surface area contributed by atoms with Gasteiger partial charge in [0.05, 0.1) is 7.11 Å². The molecule has 2 atom stereocenters. The molecule has 0 unspecified atom stereocenters. The molecule has 0 bridgehead atoms. The highest BCUT2D eigenvalue weighted by Gasteiger charge is 2.37. The first-order valence-electron chi connectivity index (χ1n) is 6.99. The number of hydrogen-bond donors (Lipinski definition) is 0. The molecule has 94 valence electrons. The maximum atomic E-state index is 5.19. The number of unbranched alkanes of at least 4 members (excludes halogenated alkanes) is 3. The first-order valence-corrected chi connectivity index (χ1v) is 6.99. The summed E-state index contributed by atoms with van der Waals surface area (Å²) >= 11 is 0. The van der Waals surface area contributed by atoms with E-state index < -0.39 is 0 Å². The van der Waals surface area contributed by atoms with Crippen molar-refractivity contribution in [2.75, 3.05) is 7.11 Å². The van der Waals surface area contributed by atoms with Crippen molar-refractivity contribution in [2.24, 2.45) is 5.92 Å². The van der Waals surface area contributed by atoms with Crippen LogP contribution in [0.25, 0.3) is 0 Å². The van der Waals surface area contributed by atoms with Gasteiger partial charge in [0.15, 0.2) is 0 Å². The van der Waals surface area contributed by atoms with Gasteiger partial charge in [-0.05, 0) is 42.4 Å². The lowest BCUT2D eigenvalue weighted by molar-refractivity contribution is 0.414. The lowest BCUT2D eigenvalue weighted by Gasteiger charge is -2.03. The highest BCUT2D eigenvalue weighted by molar-refractivity contribution is 5.32. The minimum atomic E-state index is 0.836. The number of rotatable bonds is 7. The first kappa shape index (κ1) is 12.5. The largest absolute Gasteiger partial charge is 0.497 e. The lowest BCUT2D eigenvalue weighted by atomic mass is 10.1. The monoisotopic (exact) mass is 232 g/mol. The number of ether oxygens (including phenoxy) is 1. The molecule has 1 heteroatoms. The van der Waals surface area contributed by atoms with E-state index >= 15 is 0 Å². The number of hydrogen-bond acceptors (Lipinski definition) is 1. The Kier molecular flexibility index (Phi) is 4.47. The van der Waals surface area contributed by atoms with Crippen LogP contribution >= 0.6 is 0 Å². The molecule has 0 N–H and O–H groups in total. The predicted molar refractivity (Wildman–Crippen MR) is 72.6 cm³/mol. The maximum absolute atomic E-state index is 5.19. The van der Waals surface area contributed by atoms with Crippen molar-refractivity contribution in [3.63, 3.8) is 0 Å². The second-order valence-electron chi connectivity index (χ2n) is 5.22. The van der Waals surface area contributed by atoms with Crippen LogP contribution in [-0.2, 0) is 0 Å². The van der Waals surface area contributed by atoms with Crippen LogP contribution < -0.4 is 4.74 Å². The SMILES string of the molecule is CCCCCC[C@H]1C[C@@H]1c1ccc(OC)cc1. The molecule has 1 aromatic carbocycles. The van der Waals surface area contributed by atoms with Gasteiger partial charge in [0, 0.05) is 0 Å². The van der Waals surface area contributed by atoms with Crippen molar-refractivity contribution < 1.29 is 4.74 Å². The standard InChI is InChI=1S/C16H24O/c1-3-4-5-6-7-14-12-16(14)13-8-10-15(17-2)11-9-13/h8-11,14,16H,3-7,12H2,1-2H3/t14-,16+/m0/s1. The summed E-state index contributed by atoms with van der Waals surface area (Å²) in [6, 6.07) is 8.63. The molecule has 0 heterocycles. The molecule has 0 saturated heterocycles. The first-order chi connectivity index (χ1) is 8.35. The summed E-state index contributed by atoms with van der Waals surface area (Å²) < 4.78 is 5.19. The second-order valence-corrected chi connectivity index (χ2v) is 5.22. The van der Waals surface area contributed by atoms with Crippen molar-refractivity contribution >= 4 is 0 Å². The summed E-state index contributed by atoms with van der Waals surface area (Å²) in [6.07, 6.45) is 8.41. The van der Waals surface area contributed by atoms with Gasteiger partial charge in [-0.3, -0.25) is 0 Å². The van der Waals surface area contributed by atoms with Gasteiger partial charge in [-0.15, -0.1) is 0 Å². The lowest BCUT2D eigenvalue weighted by Crippen LogP contribution is -1.87. The Morgan fingerprint density at radius 1 is 1.12 bits per heavy atom. The van der Waals surface area contributed by atoms with E-state index in [2.05, 4.69) is 31.2 Å². The Morgan fingerprint density at radius 2 is 1.88 bits per heavy atom. The molecule has 1 saturated carbocycles. The fraction of sp³-hybridized carbons (Fsp3) is 0.625. The van der Waals surface area contributed by atoms with Crippen LogP contribution in [-0.4, -0.2) is 7.11 Å². The van der Waals surface area contributed by atoms with Crippen molar-refractivity contribution in [3.8, 4) is 5.75 Å². The zero-order valence-corrected chi connectivity index (χ0v) is 11.1. The van der Waals surface area contributed by atoms with E-state index in [1.54, 1.807) is 7.11 Å². The predicted octanol–water partition coefficient (Wildman–Crippen LogP) is 4.77. The molecule has 1 nitrogen and oxygen atoms in total. The Hall–Kier alpha value is -0.980. The molecule has 0 aromatic heterocycles. The summed E-state index contributed by atoms with van der Waals surface area (Å²) in [5, 5.41) is 0. The fourth-order valence-corrected chi connectivity index (χ4v) is 2.66. The van der Waals surface area contributed by atoms with Gasteiger partial charge in [-0.1, -0.05) is 44.7 Å². The molecule has 0 aliphatic heterocycles. The zero-order chi connectivity index (χ0) is 12.1. The summed E-state index contributed by atoms with van der Waals surface area (Å²) in [5.74, 6) is 2.76. The fourth-order valence-electron chi connectivity index (χ4n) is 2.66. The van der Waals surface area contributed by atoms with Gasteiger partial charge in [-0.25, -0.2) is 0 Å². The quantitative estimate of drug-likeness (QED) is 0.615. The van der Waals surface area contributed by atoms with E-state index in [9.17, 15) is 0 Å². The van der Waals surface area contributed by atoms with Gasteiger partial charge in [0.2, 0.25) is 0 Å². The van der Waals surface area contributed by atoms with E-state index in [-0.39, 0.29) is 0 Å². The van der Waals surface area contributed by atoms with E-state index in [0.29, 0.717) is 0 Å². The van der Waals surface area contributed by atoms with Crippen LogP contribution in [0.2, 0.25) is 0 Å². The van der Waals surface area contributed by atoms with Crippen LogP contribution in [0.15, 0.2) is 24.3 Å². The van der Waals surface area contributed by atoms with Crippen LogP contribution in [0.3, 0.4) is 0 Å². The molecule has 1 fully saturated rings. The highest BCUT2D eigenvalue weighted by Crippen LogP contribution is 2.50. The molecular weight excluding hydrogens is 208 g/mol. The third-order valence-corrected chi connectivity index (χ3v) is 3.90. The minimum absolute atomic E-state index is 0.836. The molecule has 2 rings (SSSR count). The second kappa shape index (κ2) is 6.09. The van der Waals surface area contributed by atoms with Gasteiger partial charge in [-0.2, -0.15) is 0 Å².